The van der Waals surface area contributed by atoms with Gasteiger partial charge in [-0.25, -0.2) is 14.2 Å². The van der Waals surface area contributed by atoms with Crippen LogP contribution >= 0.6 is 0 Å². The molecule has 44 heavy (non-hydrogen) atoms. The Kier molecular flexibility index (Phi) is 7.56. The highest BCUT2D eigenvalue weighted by atomic mass is 19.1. The Morgan fingerprint density at radius 3 is 2.70 bits per heavy atom. The summed E-state index contributed by atoms with van der Waals surface area (Å²) >= 11 is 0. The number of imidazole rings is 1. The number of rotatable bonds is 8. The number of aryl methyl sites for hydroxylation is 1. The van der Waals surface area contributed by atoms with E-state index in [0.29, 0.717) is 30.0 Å². The molecule has 1 aromatic heterocycles. The van der Waals surface area contributed by atoms with E-state index in [2.05, 4.69) is 56.9 Å². The monoisotopic (exact) mass is 599 g/mol. The van der Waals surface area contributed by atoms with E-state index >= 15 is 0 Å². The Morgan fingerprint density at radius 1 is 1.16 bits per heavy atom. The highest BCUT2D eigenvalue weighted by Crippen LogP contribution is 2.67. The van der Waals surface area contributed by atoms with Gasteiger partial charge in [-0.2, -0.15) is 0 Å². The highest BCUT2D eigenvalue weighted by Gasteiger charge is 2.69. The van der Waals surface area contributed by atoms with Crippen LogP contribution in [-0.2, 0) is 24.2 Å². The number of halogens is 1. The van der Waals surface area contributed by atoms with Gasteiger partial charge in [0.2, 0.25) is 0 Å². The SMILES string of the molecule is Cc1nc2c(n1C1CC3N(CC[C@H](NC(=O)OC(C)(C)C)c4cccc(F)c4)C4CCC43C1)CN(Cc1ccccc1)CC2. The first-order chi connectivity index (χ1) is 21.1. The average Bonchev–Trinajstić information content (AvgIpc) is 3.50. The maximum Gasteiger partial charge on any atom is 0.408 e. The molecule has 1 amide bonds. The van der Waals surface area contributed by atoms with Gasteiger partial charge in [-0.1, -0.05) is 42.5 Å². The molecular weight excluding hydrogens is 553 g/mol. The Labute approximate surface area is 260 Å². The molecular formula is C36H46FN5O2. The van der Waals surface area contributed by atoms with E-state index < -0.39 is 11.7 Å². The van der Waals surface area contributed by atoms with Gasteiger partial charge in [-0.15, -0.1) is 0 Å². The minimum absolute atomic E-state index is 0.291. The van der Waals surface area contributed by atoms with Crippen LogP contribution in [0.1, 0.15) is 93.3 Å². The van der Waals surface area contributed by atoms with Gasteiger partial charge in [0.15, 0.2) is 0 Å². The summed E-state index contributed by atoms with van der Waals surface area (Å²) in [7, 11) is 0. The Morgan fingerprint density at radius 2 is 1.98 bits per heavy atom. The first-order valence-corrected chi connectivity index (χ1v) is 16.4. The molecule has 1 N–H and O–H groups in total. The van der Waals surface area contributed by atoms with Crippen LogP contribution in [0.3, 0.4) is 0 Å². The zero-order valence-electron chi connectivity index (χ0n) is 26.6. The summed E-state index contributed by atoms with van der Waals surface area (Å²) in [6, 6.07) is 18.7. The van der Waals surface area contributed by atoms with Gasteiger partial charge in [0, 0.05) is 56.1 Å². The second-order valence-corrected chi connectivity index (χ2v) is 14.5. The molecule has 0 radical (unpaired) electrons. The molecule has 7 rings (SSSR count). The van der Waals surface area contributed by atoms with E-state index in [1.807, 2.05) is 26.8 Å². The van der Waals surface area contributed by atoms with Gasteiger partial charge in [0.05, 0.1) is 17.4 Å². The zero-order valence-corrected chi connectivity index (χ0v) is 26.6. The van der Waals surface area contributed by atoms with Crippen molar-refractivity contribution in [2.75, 3.05) is 13.1 Å². The van der Waals surface area contributed by atoms with Crippen molar-refractivity contribution in [3.05, 3.63) is 88.8 Å². The van der Waals surface area contributed by atoms with E-state index in [4.69, 9.17) is 9.72 Å². The lowest BCUT2D eigenvalue weighted by Gasteiger charge is -2.68. The van der Waals surface area contributed by atoms with Gasteiger partial charge in [-0.3, -0.25) is 9.80 Å². The standard InChI is InChI=1S/C36H46FN5O2/c1-24-38-30-14-17-40(22-25-9-6-5-7-10-25)23-31(30)42(24)28-20-33-36(21-28)16-13-32(36)41(33)18-15-29(26-11-8-12-27(37)19-26)39-34(43)44-35(2,3)4/h5-12,19,28-29,32-33H,13-18,20-23H2,1-4H3,(H,39,43)/t28?,29-,32?,33?,36?/m0/s1. The fourth-order valence-electron chi connectivity index (χ4n) is 8.83. The lowest BCUT2D eigenvalue weighted by molar-refractivity contribution is -0.188. The largest absolute Gasteiger partial charge is 0.444 e. The number of nitrogens with zero attached hydrogens (tertiary/aromatic N) is 4. The summed E-state index contributed by atoms with van der Waals surface area (Å²) < 4.78 is 22.4. The number of piperidine rings is 1. The molecule has 2 aliphatic carbocycles. The van der Waals surface area contributed by atoms with E-state index in [-0.39, 0.29) is 11.9 Å². The molecule has 8 heteroatoms. The summed E-state index contributed by atoms with van der Waals surface area (Å²) in [5.41, 5.74) is 4.66. The first-order valence-electron chi connectivity index (χ1n) is 16.4. The molecule has 4 unspecified atom stereocenters. The number of hydrogen-bond donors (Lipinski definition) is 1. The smallest absolute Gasteiger partial charge is 0.408 e. The molecule has 1 spiro atoms. The molecule has 3 heterocycles. The zero-order chi connectivity index (χ0) is 30.6. The van der Waals surface area contributed by atoms with Crippen LogP contribution in [-0.4, -0.2) is 56.2 Å². The number of carbonyl (C=O) groups excluding carboxylic acids is 1. The predicted octanol–water partition coefficient (Wildman–Crippen LogP) is 6.71. The van der Waals surface area contributed by atoms with Gasteiger partial charge in [0.25, 0.3) is 0 Å². The molecule has 5 atom stereocenters. The number of likely N-dealkylation sites (tertiary alicyclic amines) is 1. The number of fused-ring (bicyclic) bond motifs is 1. The summed E-state index contributed by atoms with van der Waals surface area (Å²) in [6.45, 7) is 11.6. The van der Waals surface area contributed by atoms with Crippen LogP contribution in [0.15, 0.2) is 54.6 Å². The predicted molar refractivity (Wildman–Crippen MR) is 169 cm³/mol. The number of benzene rings is 2. The minimum Gasteiger partial charge on any atom is -0.444 e. The van der Waals surface area contributed by atoms with Crippen LogP contribution in [0.5, 0.6) is 0 Å². The van der Waals surface area contributed by atoms with E-state index in [1.165, 1.54) is 48.3 Å². The van der Waals surface area contributed by atoms with Gasteiger partial charge >= 0.3 is 6.09 Å². The Balaban J connectivity index is 1.05. The molecule has 234 valence electrons. The summed E-state index contributed by atoms with van der Waals surface area (Å²) in [5, 5.41) is 3.05. The average molecular weight is 600 g/mol. The molecule has 7 nitrogen and oxygen atoms in total. The van der Waals surface area contributed by atoms with Crippen molar-refractivity contribution in [2.45, 2.75) is 109 Å². The lowest BCUT2D eigenvalue weighted by Crippen LogP contribution is -2.74. The summed E-state index contributed by atoms with van der Waals surface area (Å²) in [4.78, 5) is 23.1. The minimum atomic E-state index is -0.596. The van der Waals surface area contributed by atoms with E-state index in [1.54, 1.807) is 6.07 Å². The maximum absolute atomic E-state index is 14.2. The number of ether oxygens (including phenoxy) is 1. The quantitative estimate of drug-likeness (QED) is 0.312. The van der Waals surface area contributed by atoms with Crippen LogP contribution < -0.4 is 5.32 Å². The number of carbonyl (C=O) groups is 1. The van der Waals surface area contributed by atoms with Crippen molar-refractivity contribution < 1.29 is 13.9 Å². The summed E-state index contributed by atoms with van der Waals surface area (Å²) in [5.74, 6) is 0.870. The number of amides is 1. The maximum atomic E-state index is 14.2. The number of nitrogens with one attached hydrogen (secondary N) is 1. The van der Waals surface area contributed by atoms with Crippen molar-refractivity contribution >= 4 is 6.09 Å². The van der Waals surface area contributed by atoms with Crippen LogP contribution in [0.25, 0.3) is 0 Å². The van der Waals surface area contributed by atoms with Crippen LogP contribution in [0.4, 0.5) is 9.18 Å². The van der Waals surface area contributed by atoms with Gasteiger partial charge in [-0.05, 0) is 83.1 Å². The third kappa shape index (κ3) is 5.45. The lowest BCUT2D eigenvalue weighted by atomic mass is 9.53. The number of alkyl carbamates (subject to hydrolysis) is 1. The third-order valence-corrected chi connectivity index (χ3v) is 10.7. The second-order valence-electron chi connectivity index (χ2n) is 14.5. The molecule has 2 saturated carbocycles. The third-order valence-electron chi connectivity index (χ3n) is 10.7. The molecule has 4 aliphatic rings. The molecule has 0 bridgehead atoms. The molecule has 2 aromatic carbocycles. The first kappa shape index (κ1) is 29.5. The second kappa shape index (κ2) is 11.3. The topological polar surface area (TPSA) is 62.6 Å². The van der Waals surface area contributed by atoms with E-state index in [0.717, 1.165) is 50.4 Å². The molecule has 3 aromatic rings. The van der Waals surface area contributed by atoms with Crippen LogP contribution in [0.2, 0.25) is 0 Å². The molecule has 3 fully saturated rings. The van der Waals surface area contributed by atoms with Gasteiger partial charge < -0.3 is 14.6 Å². The van der Waals surface area contributed by atoms with Crippen molar-refractivity contribution in [3.8, 4) is 0 Å². The fraction of sp³-hybridized carbons (Fsp3) is 0.556. The molecule has 2 aliphatic heterocycles. The van der Waals surface area contributed by atoms with Crippen molar-refractivity contribution in [2.24, 2.45) is 5.41 Å². The van der Waals surface area contributed by atoms with E-state index in [9.17, 15) is 9.18 Å². The van der Waals surface area contributed by atoms with Crippen molar-refractivity contribution in [1.82, 2.24) is 24.7 Å². The van der Waals surface area contributed by atoms with Crippen LogP contribution in [0, 0.1) is 18.2 Å². The van der Waals surface area contributed by atoms with Crippen molar-refractivity contribution in [1.29, 1.82) is 0 Å². The van der Waals surface area contributed by atoms with Crippen molar-refractivity contribution in [3.63, 3.8) is 0 Å². The normalized spacial score (nSPS) is 27.0. The Hall–Kier alpha value is -3.23. The summed E-state index contributed by atoms with van der Waals surface area (Å²) in [6.07, 6.45) is 6.17. The number of hydrogen-bond acceptors (Lipinski definition) is 5. The number of aromatic nitrogens is 2. The Bertz CT molecular complexity index is 1520. The van der Waals surface area contributed by atoms with Gasteiger partial charge in [0.1, 0.15) is 17.2 Å². The highest BCUT2D eigenvalue weighted by molar-refractivity contribution is 5.68. The fourth-order valence-corrected chi connectivity index (χ4v) is 8.83. The molecule has 1 saturated heterocycles.